The molecule has 6 rings (SSSR count). The Morgan fingerprint density at radius 1 is 0.833 bits per heavy atom. The van der Waals surface area contributed by atoms with Crippen molar-refractivity contribution in [3.05, 3.63) is 115 Å². The first-order valence-electron chi connectivity index (χ1n) is 11.8. The molecule has 1 N–H and O–H groups in total. The summed E-state index contributed by atoms with van der Waals surface area (Å²) >= 11 is 0. The Morgan fingerprint density at radius 3 is 2.31 bits per heavy atom. The molecule has 176 valence electrons. The summed E-state index contributed by atoms with van der Waals surface area (Å²) in [6, 6.07) is 35.9. The van der Waals surface area contributed by atoms with Gasteiger partial charge in [0.05, 0.1) is 17.4 Å². The van der Waals surface area contributed by atoms with E-state index in [1.807, 2.05) is 66.7 Å². The van der Waals surface area contributed by atoms with Gasteiger partial charge >= 0.3 is 0 Å². The van der Waals surface area contributed by atoms with Crippen LogP contribution in [0.15, 0.2) is 114 Å². The standard InChI is InChI=1S/C30H23N3O3/c34-30(28-20-35-26-17-9-10-18-27(26)36-28)32-31-19-24-23-15-7-8-16-25(23)33(22-13-5-2-6-14-22)29(24)21-11-3-1-4-12-21/h1-19,28H,20H2,(H,32,34)/b31-19+. The van der Waals surface area contributed by atoms with E-state index < -0.39 is 6.10 Å². The molecule has 2 heterocycles. The molecule has 1 unspecified atom stereocenters. The van der Waals surface area contributed by atoms with Crippen LogP contribution in [0.3, 0.4) is 0 Å². The fraction of sp³-hybridized carbons (Fsp3) is 0.0667. The van der Waals surface area contributed by atoms with Crippen LogP contribution in [0.4, 0.5) is 0 Å². The number of amides is 1. The molecule has 0 fully saturated rings. The van der Waals surface area contributed by atoms with Crippen molar-refractivity contribution in [2.45, 2.75) is 6.10 Å². The number of aromatic nitrogens is 1. The van der Waals surface area contributed by atoms with Crippen molar-refractivity contribution in [2.75, 3.05) is 6.61 Å². The predicted molar refractivity (Wildman–Crippen MR) is 141 cm³/mol. The first-order chi connectivity index (χ1) is 17.8. The third kappa shape index (κ3) is 3.99. The number of rotatable bonds is 5. The quantitative estimate of drug-likeness (QED) is 0.267. The number of nitrogens with zero attached hydrogens (tertiary/aromatic N) is 2. The van der Waals surface area contributed by atoms with Crippen molar-refractivity contribution >= 4 is 23.0 Å². The normalized spacial score (nSPS) is 14.7. The summed E-state index contributed by atoms with van der Waals surface area (Å²) in [5, 5.41) is 5.37. The van der Waals surface area contributed by atoms with Gasteiger partial charge in [0.25, 0.3) is 5.91 Å². The Balaban J connectivity index is 1.37. The van der Waals surface area contributed by atoms with Gasteiger partial charge in [-0.05, 0) is 35.9 Å². The molecule has 6 heteroatoms. The summed E-state index contributed by atoms with van der Waals surface area (Å²) in [4.78, 5) is 12.8. The fourth-order valence-electron chi connectivity index (χ4n) is 4.50. The molecule has 0 saturated heterocycles. The van der Waals surface area contributed by atoms with Crippen LogP contribution in [-0.4, -0.2) is 29.4 Å². The summed E-state index contributed by atoms with van der Waals surface area (Å²) in [7, 11) is 0. The Morgan fingerprint density at radius 2 is 1.50 bits per heavy atom. The summed E-state index contributed by atoms with van der Waals surface area (Å²) in [6.45, 7) is 0.126. The lowest BCUT2D eigenvalue weighted by Crippen LogP contribution is -2.42. The van der Waals surface area contributed by atoms with Gasteiger partial charge in [-0.2, -0.15) is 5.10 Å². The molecule has 0 spiro atoms. The fourth-order valence-corrected chi connectivity index (χ4v) is 4.50. The number of hydrazone groups is 1. The van der Waals surface area contributed by atoms with Crippen molar-refractivity contribution in [2.24, 2.45) is 5.10 Å². The number of para-hydroxylation sites is 4. The van der Waals surface area contributed by atoms with Gasteiger partial charge in [-0.15, -0.1) is 0 Å². The average Bonchev–Trinajstić information content (AvgIpc) is 3.28. The summed E-state index contributed by atoms with van der Waals surface area (Å²) < 4.78 is 13.7. The number of carbonyl (C=O) groups is 1. The van der Waals surface area contributed by atoms with E-state index in [9.17, 15) is 4.79 Å². The van der Waals surface area contributed by atoms with E-state index in [4.69, 9.17) is 9.47 Å². The zero-order chi connectivity index (χ0) is 24.3. The van der Waals surface area contributed by atoms with E-state index in [1.165, 1.54) is 0 Å². The summed E-state index contributed by atoms with van der Waals surface area (Å²) in [5.41, 5.74) is 7.69. The number of ether oxygens (including phenoxy) is 2. The molecule has 36 heavy (non-hydrogen) atoms. The van der Waals surface area contributed by atoms with E-state index in [2.05, 4.69) is 51.5 Å². The van der Waals surface area contributed by atoms with Crippen LogP contribution >= 0.6 is 0 Å². The Hall–Kier alpha value is -4.84. The van der Waals surface area contributed by atoms with Crippen LogP contribution in [0.25, 0.3) is 27.8 Å². The van der Waals surface area contributed by atoms with Crippen LogP contribution in [0, 0.1) is 0 Å². The van der Waals surface area contributed by atoms with E-state index in [0.717, 1.165) is 33.4 Å². The van der Waals surface area contributed by atoms with Gasteiger partial charge in [-0.3, -0.25) is 4.79 Å². The van der Waals surface area contributed by atoms with Gasteiger partial charge < -0.3 is 14.0 Å². The van der Waals surface area contributed by atoms with Crippen LogP contribution in [0.2, 0.25) is 0 Å². The molecule has 1 amide bonds. The molecular formula is C30H23N3O3. The lowest BCUT2D eigenvalue weighted by atomic mass is 10.1. The number of fused-ring (bicyclic) bond motifs is 2. The molecule has 1 aliphatic rings. The Kier molecular flexibility index (Phi) is 5.68. The SMILES string of the molecule is O=C(N/N=C/c1c(-c2ccccc2)n(-c2ccccc2)c2ccccc12)C1COc2ccccc2O1. The maximum absolute atomic E-state index is 12.8. The van der Waals surface area contributed by atoms with Gasteiger partial charge in [-0.1, -0.05) is 78.9 Å². The van der Waals surface area contributed by atoms with Gasteiger partial charge in [0.1, 0.15) is 6.61 Å². The predicted octanol–water partition coefficient (Wildman–Crippen LogP) is 5.59. The van der Waals surface area contributed by atoms with Gasteiger partial charge in [-0.25, -0.2) is 5.43 Å². The lowest BCUT2D eigenvalue weighted by molar-refractivity contribution is -0.130. The number of nitrogens with one attached hydrogen (secondary N) is 1. The minimum absolute atomic E-state index is 0.126. The molecule has 0 bridgehead atoms. The van der Waals surface area contributed by atoms with E-state index in [0.29, 0.717) is 11.5 Å². The Labute approximate surface area is 208 Å². The van der Waals surface area contributed by atoms with E-state index in [1.54, 1.807) is 12.3 Å². The molecule has 1 aromatic heterocycles. The molecule has 1 atom stereocenters. The molecule has 0 saturated carbocycles. The van der Waals surface area contributed by atoms with Crippen molar-refractivity contribution in [1.82, 2.24) is 9.99 Å². The molecule has 1 aliphatic heterocycles. The highest BCUT2D eigenvalue weighted by atomic mass is 16.6. The van der Waals surface area contributed by atoms with E-state index in [-0.39, 0.29) is 12.5 Å². The Bertz CT molecular complexity index is 1560. The first-order valence-corrected chi connectivity index (χ1v) is 11.8. The number of hydrogen-bond donors (Lipinski definition) is 1. The van der Waals surface area contributed by atoms with Crippen molar-refractivity contribution < 1.29 is 14.3 Å². The van der Waals surface area contributed by atoms with Crippen LogP contribution in [-0.2, 0) is 4.79 Å². The van der Waals surface area contributed by atoms with Crippen molar-refractivity contribution in [3.63, 3.8) is 0 Å². The second kappa shape index (κ2) is 9.43. The highest BCUT2D eigenvalue weighted by Gasteiger charge is 2.27. The maximum atomic E-state index is 12.8. The minimum Gasteiger partial charge on any atom is -0.485 e. The third-order valence-electron chi connectivity index (χ3n) is 6.14. The van der Waals surface area contributed by atoms with Gasteiger partial charge in [0, 0.05) is 16.6 Å². The van der Waals surface area contributed by atoms with Gasteiger partial charge in [0.2, 0.25) is 6.10 Å². The largest absolute Gasteiger partial charge is 0.485 e. The highest BCUT2D eigenvalue weighted by molar-refractivity contribution is 6.07. The second-order valence-corrected chi connectivity index (χ2v) is 8.41. The average molecular weight is 474 g/mol. The lowest BCUT2D eigenvalue weighted by Gasteiger charge is -2.24. The molecule has 0 aliphatic carbocycles. The third-order valence-corrected chi connectivity index (χ3v) is 6.14. The zero-order valence-electron chi connectivity index (χ0n) is 19.4. The number of hydrogen-bond acceptors (Lipinski definition) is 4. The summed E-state index contributed by atoms with van der Waals surface area (Å²) in [5.74, 6) is 0.810. The van der Waals surface area contributed by atoms with Crippen LogP contribution in [0.5, 0.6) is 11.5 Å². The molecule has 4 aromatic carbocycles. The molecule has 5 aromatic rings. The molecular weight excluding hydrogens is 450 g/mol. The smallest absolute Gasteiger partial charge is 0.284 e. The van der Waals surface area contributed by atoms with Crippen LogP contribution in [0.1, 0.15) is 5.56 Å². The zero-order valence-corrected chi connectivity index (χ0v) is 19.4. The topological polar surface area (TPSA) is 64.9 Å². The van der Waals surface area contributed by atoms with E-state index >= 15 is 0 Å². The van der Waals surface area contributed by atoms with Gasteiger partial charge in [0.15, 0.2) is 11.5 Å². The summed E-state index contributed by atoms with van der Waals surface area (Å²) in [6.07, 6.45) is 0.927. The first kappa shape index (κ1) is 21.7. The van der Waals surface area contributed by atoms with Crippen LogP contribution < -0.4 is 14.9 Å². The minimum atomic E-state index is -0.781. The molecule has 6 nitrogen and oxygen atoms in total. The maximum Gasteiger partial charge on any atom is 0.284 e. The monoisotopic (exact) mass is 473 g/mol. The van der Waals surface area contributed by atoms with Crippen molar-refractivity contribution in [3.8, 4) is 28.4 Å². The van der Waals surface area contributed by atoms with Crippen molar-refractivity contribution in [1.29, 1.82) is 0 Å². The molecule has 0 radical (unpaired) electrons. The highest BCUT2D eigenvalue weighted by Crippen LogP contribution is 2.35. The number of benzene rings is 4. The second-order valence-electron chi connectivity index (χ2n) is 8.41. The number of carbonyl (C=O) groups excluding carboxylic acids is 1.